The van der Waals surface area contributed by atoms with Crippen LogP contribution in [0, 0.1) is 20.8 Å². The molecule has 0 N–H and O–H groups in total. The molecule has 3 rings (SSSR count). The largest absolute Gasteiger partial charge is 0.454 e. The summed E-state index contributed by atoms with van der Waals surface area (Å²) in [4.78, 5) is 30.2. The second-order valence-corrected chi connectivity index (χ2v) is 6.46. The summed E-state index contributed by atoms with van der Waals surface area (Å²) in [5.74, 6) is -0.811. The second kappa shape index (κ2) is 5.92. The smallest absolute Gasteiger partial charge is 0.339 e. The molecule has 0 aliphatic rings. The van der Waals surface area contributed by atoms with Crippen molar-refractivity contribution < 1.29 is 18.8 Å². The minimum absolute atomic E-state index is 0.222. The maximum Gasteiger partial charge on any atom is 0.339 e. The van der Waals surface area contributed by atoms with Crippen molar-refractivity contribution in [1.29, 1.82) is 0 Å². The summed E-state index contributed by atoms with van der Waals surface area (Å²) >= 11 is 1.38. The van der Waals surface area contributed by atoms with Crippen LogP contribution in [0.15, 0.2) is 22.7 Å². The Bertz CT molecular complexity index is 910. The molecular formula is C16H14N2O4S. The van der Waals surface area contributed by atoms with Crippen LogP contribution in [-0.4, -0.2) is 28.5 Å². The first-order chi connectivity index (χ1) is 11.0. The molecule has 0 aliphatic heterocycles. The Balaban J connectivity index is 1.81. The number of ketones is 1. The molecule has 0 saturated heterocycles. The van der Waals surface area contributed by atoms with E-state index in [0.717, 1.165) is 4.88 Å². The van der Waals surface area contributed by atoms with Gasteiger partial charge < -0.3 is 9.26 Å². The highest BCUT2D eigenvalue weighted by Crippen LogP contribution is 2.23. The van der Waals surface area contributed by atoms with Gasteiger partial charge in [0.05, 0.1) is 21.5 Å². The molecule has 0 radical (unpaired) electrons. The van der Waals surface area contributed by atoms with E-state index in [4.69, 9.17) is 9.26 Å². The molecule has 0 saturated carbocycles. The van der Waals surface area contributed by atoms with Gasteiger partial charge in [-0.25, -0.2) is 9.78 Å². The van der Waals surface area contributed by atoms with Gasteiger partial charge in [0.2, 0.25) is 5.78 Å². The van der Waals surface area contributed by atoms with E-state index in [1.807, 2.05) is 13.0 Å². The summed E-state index contributed by atoms with van der Waals surface area (Å²) in [6, 6.07) is 5.19. The zero-order chi connectivity index (χ0) is 16.6. The molecule has 0 bridgehead atoms. The maximum absolute atomic E-state index is 12.3. The Labute approximate surface area is 136 Å². The van der Waals surface area contributed by atoms with Crippen LogP contribution in [0.5, 0.6) is 0 Å². The number of nitrogens with zero attached hydrogens (tertiary/aromatic N) is 2. The third kappa shape index (κ3) is 3.00. The number of hydrogen-bond acceptors (Lipinski definition) is 7. The van der Waals surface area contributed by atoms with E-state index in [-0.39, 0.29) is 18.1 Å². The number of ether oxygens (including phenoxy) is 1. The average molecular weight is 330 g/mol. The molecular weight excluding hydrogens is 316 g/mol. The lowest BCUT2D eigenvalue weighted by Gasteiger charge is -2.05. The Kier molecular flexibility index (Phi) is 3.96. The fourth-order valence-corrected chi connectivity index (χ4v) is 3.03. The van der Waals surface area contributed by atoms with Crippen LogP contribution in [0.1, 0.15) is 36.3 Å². The van der Waals surface area contributed by atoms with Gasteiger partial charge in [-0.05, 0) is 39.0 Å². The van der Waals surface area contributed by atoms with Gasteiger partial charge in [0.15, 0.2) is 6.61 Å². The Morgan fingerprint density at radius 2 is 2.04 bits per heavy atom. The van der Waals surface area contributed by atoms with Crippen molar-refractivity contribution in [2.24, 2.45) is 0 Å². The average Bonchev–Trinajstić information content (AvgIpc) is 3.10. The second-order valence-electron chi connectivity index (χ2n) is 5.17. The van der Waals surface area contributed by atoms with Crippen molar-refractivity contribution in [1.82, 2.24) is 10.1 Å². The van der Waals surface area contributed by atoms with Crippen LogP contribution in [0.2, 0.25) is 0 Å². The van der Waals surface area contributed by atoms with Crippen LogP contribution in [0.25, 0.3) is 11.1 Å². The first-order valence-electron chi connectivity index (χ1n) is 6.96. The number of aromatic nitrogens is 2. The number of fused-ring (bicyclic) bond motifs is 1. The van der Waals surface area contributed by atoms with E-state index in [0.29, 0.717) is 27.2 Å². The number of carbonyl (C=O) groups excluding carboxylic acids is 2. The number of rotatable bonds is 4. The SMILES string of the molecule is Cc1cc(C(=O)OCC(=O)c2ccc(C)s2)c2c(C)noc2n1. The molecule has 23 heavy (non-hydrogen) atoms. The van der Waals surface area contributed by atoms with Gasteiger partial charge in [0.25, 0.3) is 5.71 Å². The van der Waals surface area contributed by atoms with Gasteiger partial charge in [-0.3, -0.25) is 4.79 Å². The highest BCUT2D eigenvalue weighted by Gasteiger charge is 2.20. The molecule has 118 valence electrons. The van der Waals surface area contributed by atoms with Crippen molar-refractivity contribution in [2.45, 2.75) is 20.8 Å². The number of esters is 1. The lowest BCUT2D eigenvalue weighted by molar-refractivity contribution is 0.0477. The molecule has 3 heterocycles. The van der Waals surface area contributed by atoms with Crippen LogP contribution in [0.4, 0.5) is 0 Å². The van der Waals surface area contributed by atoms with Gasteiger partial charge in [-0.15, -0.1) is 11.3 Å². The first-order valence-corrected chi connectivity index (χ1v) is 7.77. The van der Waals surface area contributed by atoms with E-state index in [1.165, 1.54) is 11.3 Å². The lowest BCUT2D eigenvalue weighted by atomic mass is 10.1. The minimum Gasteiger partial charge on any atom is -0.454 e. The Morgan fingerprint density at radius 3 is 2.74 bits per heavy atom. The normalized spacial score (nSPS) is 10.9. The Hall–Kier alpha value is -2.54. The van der Waals surface area contributed by atoms with Gasteiger partial charge >= 0.3 is 5.97 Å². The summed E-state index contributed by atoms with van der Waals surface area (Å²) < 4.78 is 10.2. The van der Waals surface area contributed by atoms with Crippen molar-refractivity contribution in [3.05, 3.63) is 44.9 Å². The van der Waals surface area contributed by atoms with Gasteiger partial charge in [-0.1, -0.05) is 5.16 Å². The quantitative estimate of drug-likeness (QED) is 0.539. The third-order valence-corrected chi connectivity index (χ3v) is 4.36. The molecule has 3 aromatic heterocycles. The summed E-state index contributed by atoms with van der Waals surface area (Å²) in [6.07, 6.45) is 0. The number of carbonyl (C=O) groups is 2. The molecule has 0 spiro atoms. The van der Waals surface area contributed by atoms with Gasteiger partial charge in [0.1, 0.15) is 0 Å². The van der Waals surface area contributed by atoms with Crippen LogP contribution < -0.4 is 0 Å². The lowest BCUT2D eigenvalue weighted by Crippen LogP contribution is -2.14. The Morgan fingerprint density at radius 1 is 1.26 bits per heavy atom. The van der Waals surface area contributed by atoms with Gasteiger partial charge in [0, 0.05) is 10.6 Å². The summed E-state index contributed by atoms with van der Waals surface area (Å²) in [7, 11) is 0. The molecule has 0 fully saturated rings. The van der Waals surface area contributed by atoms with Crippen LogP contribution in [0.3, 0.4) is 0 Å². The monoisotopic (exact) mass is 330 g/mol. The molecule has 0 unspecified atom stereocenters. The van der Waals surface area contributed by atoms with Crippen molar-refractivity contribution in [3.63, 3.8) is 0 Å². The van der Waals surface area contributed by atoms with E-state index < -0.39 is 5.97 Å². The number of pyridine rings is 1. The molecule has 0 aliphatic carbocycles. The summed E-state index contributed by atoms with van der Waals surface area (Å²) in [5, 5.41) is 4.33. The molecule has 0 atom stereocenters. The number of hydrogen-bond donors (Lipinski definition) is 0. The number of aryl methyl sites for hydroxylation is 3. The zero-order valence-corrected chi connectivity index (χ0v) is 13.7. The fraction of sp³-hybridized carbons (Fsp3) is 0.250. The topological polar surface area (TPSA) is 82.3 Å². The van der Waals surface area contributed by atoms with Crippen molar-refractivity contribution in [2.75, 3.05) is 6.61 Å². The fourth-order valence-electron chi connectivity index (χ4n) is 2.24. The van der Waals surface area contributed by atoms with E-state index in [9.17, 15) is 9.59 Å². The molecule has 0 aromatic carbocycles. The zero-order valence-electron chi connectivity index (χ0n) is 12.9. The molecule has 6 nitrogen and oxygen atoms in total. The maximum atomic E-state index is 12.3. The van der Waals surface area contributed by atoms with E-state index in [2.05, 4.69) is 10.1 Å². The van der Waals surface area contributed by atoms with Crippen molar-refractivity contribution in [3.8, 4) is 0 Å². The predicted molar refractivity (Wildman–Crippen MR) is 84.9 cm³/mol. The molecule has 0 amide bonds. The number of Topliss-reactive ketones (excluding diaryl/α,β-unsaturated/α-hetero) is 1. The van der Waals surface area contributed by atoms with Crippen LogP contribution >= 0.6 is 11.3 Å². The summed E-state index contributed by atoms with van der Waals surface area (Å²) in [6.45, 7) is 5.08. The molecule has 7 heteroatoms. The van der Waals surface area contributed by atoms with Crippen molar-refractivity contribution >= 4 is 34.2 Å². The minimum atomic E-state index is -0.589. The number of thiophene rings is 1. The highest BCUT2D eigenvalue weighted by molar-refractivity contribution is 7.14. The van der Waals surface area contributed by atoms with Crippen LogP contribution in [-0.2, 0) is 4.74 Å². The predicted octanol–water partition coefficient (Wildman–Crippen LogP) is 3.25. The first kappa shape index (κ1) is 15.4. The summed E-state index contributed by atoms with van der Waals surface area (Å²) in [5.41, 5.74) is 1.76. The van der Waals surface area contributed by atoms with Gasteiger partial charge in [-0.2, -0.15) is 0 Å². The molecule has 3 aromatic rings. The standard InChI is InChI=1S/C16H14N2O4S/c1-8-6-11(14-10(3)18-22-15(14)17-8)16(20)21-7-12(19)13-5-4-9(2)23-13/h4-6H,7H2,1-3H3. The van der Waals surface area contributed by atoms with E-state index in [1.54, 1.807) is 26.0 Å². The third-order valence-electron chi connectivity index (χ3n) is 3.31. The van der Waals surface area contributed by atoms with E-state index >= 15 is 0 Å². The highest BCUT2D eigenvalue weighted by atomic mass is 32.1.